The summed E-state index contributed by atoms with van der Waals surface area (Å²) in [6.07, 6.45) is 1.85. The van der Waals surface area contributed by atoms with Crippen molar-refractivity contribution in [3.8, 4) is 22.4 Å². The number of rotatable bonds is 5. The molecule has 0 bridgehead atoms. The topological polar surface area (TPSA) is 12.9 Å². The second kappa shape index (κ2) is 9.22. The van der Waals surface area contributed by atoms with Crippen LogP contribution < -0.4 is 0 Å². The number of aryl methyl sites for hydroxylation is 1. The maximum atomic E-state index is 8.34. The van der Waals surface area contributed by atoms with Crippen molar-refractivity contribution >= 4 is 0 Å². The van der Waals surface area contributed by atoms with Gasteiger partial charge in [0.2, 0.25) is 0 Å². The van der Waals surface area contributed by atoms with Gasteiger partial charge in [-0.1, -0.05) is 86.6 Å². The molecule has 0 aliphatic carbocycles. The normalized spacial score (nSPS) is 14.1. The molecule has 0 saturated carbocycles. The standard InChI is InChI=1S/C31H41N/c1-19(2)24-16-26(20(3)4)30(27(17-24)21(5)6)28-15-23(12-11-22(28)7)29-18-25(13-14-32-29)31(8,9)10/h11-21H,1-10H3/i7D3. The Balaban J connectivity index is 2.40. The fourth-order valence-electron chi connectivity index (χ4n) is 4.23. The summed E-state index contributed by atoms with van der Waals surface area (Å²) in [6.45, 7) is 17.6. The van der Waals surface area contributed by atoms with Crippen molar-refractivity contribution in [1.29, 1.82) is 0 Å². The van der Waals surface area contributed by atoms with Crippen molar-refractivity contribution in [2.75, 3.05) is 0 Å². The molecular formula is C31H41N. The maximum Gasteiger partial charge on any atom is 0.0705 e. The molecule has 0 atom stereocenters. The summed E-state index contributed by atoms with van der Waals surface area (Å²) in [7, 11) is 0. The smallest absolute Gasteiger partial charge is 0.0705 e. The second-order valence-electron chi connectivity index (χ2n) is 11.0. The van der Waals surface area contributed by atoms with Crippen LogP contribution in [0.15, 0.2) is 48.7 Å². The van der Waals surface area contributed by atoms with E-state index >= 15 is 0 Å². The molecule has 0 radical (unpaired) electrons. The zero-order valence-electron chi connectivity index (χ0n) is 24.3. The van der Waals surface area contributed by atoms with E-state index in [1.165, 1.54) is 22.3 Å². The molecule has 0 fully saturated rings. The van der Waals surface area contributed by atoms with Crippen LogP contribution in [0.25, 0.3) is 22.4 Å². The molecule has 2 aromatic carbocycles. The lowest BCUT2D eigenvalue weighted by molar-refractivity contribution is 0.589. The van der Waals surface area contributed by atoms with Crippen LogP contribution in [0, 0.1) is 6.85 Å². The third kappa shape index (κ3) is 4.98. The van der Waals surface area contributed by atoms with Gasteiger partial charge in [0.1, 0.15) is 0 Å². The fraction of sp³-hybridized carbons (Fsp3) is 0.452. The van der Waals surface area contributed by atoms with E-state index in [0.29, 0.717) is 11.5 Å². The van der Waals surface area contributed by atoms with Crippen molar-refractivity contribution in [1.82, 2.24) is 4.98 Å². The lowest BCUT2D eigenvalue weighted by atomic mass is 9.80. The van der Waals surface area contributed by atoms with Crippen LogP contribution >= 0.6 is 0 Å². The highest BCUT2D eigenvalue weighted by molar-refractivity contribution is 5.80. The van der Waals surface area contributed by atoms with E-state index < -0.39 is 6.85 Å². The highest BCUT2D eigenvalue weighted by Gasteiger charge is 2.21. The Morgan fingerprint density at radius 1 is 0.781 bits per heavy atom. The third-order valence-electron chi connectivity index (χ3n) is 6.34. The average Bonchev–Trinajstić information content (AvgIpc) is 2.76. The molecule has 170 valence electrons. The molecule has 0 unspecified atom stereocenters. The molecular weight excluding hydrogens is 386 g/mol. The molecule has 3 rings (SSSR count). The monoisotopic (exact) mass is 430 g/mol. The Labute approximate surface area is 200 Å². The van der Waals surface area contributed by atoms with Gasteiger partial charge < -0.3 is 0 Å². The Kier molecular flexibility index (Phi) is 5.82. The zero-order chi connectivity index (χ0) is 26.3. The van der Waals surface area contributed by atoms with E-state index in [2.05, 4.69) is 97.6 Å². The van der Waals surface area contributed by atoms with Crippen LogP contribution in [0.1, 0.15) is 112 Å². The van der Waals surface area contributed by atoms with E-state index in [1.807, 2.05) is 12.3 Å². The van der Waals surface area contributed by atoms with Gasteiger partial charge in [0.15, 0.2) is 0 Å². The molecule has 0 N–H and O–H groups in total. The second-order valence-corrected chi connectivity index (χ2v) is 11.0. The minimum atomic E-state index is -2.21. The fourth-order valence-corrected chi connectivity index (χ4v) is 4.23. The van der Waals surface area contributed by atoms with E-state index in [1.54, 1.807) is 6.07 Å². The van der Waals surface area contributed by atoms with Gasteiger partial charge in [-0.3, -0.25) is 4.98 Å². The van der Waals surface area contributed by atoms with Crippen molar-refractivity contribution in [2.45, 2.75) is 92.3 Å². The molecule has 1 nitrogen and oxygen atoms in total. The molecule has 3 aromatic rings. The molecule has 1 aromatic heterocycles. The molecule has 1 heteroatoms. The van der Waals surface area contributed by atoms with Crippen LogP contribution in [0.4, 0.5) is 0 Å². The molecule has 0 amide bonds. The van der Waals surface area contributed by atoms with Crippen molar-refractivity contribution in [3.05, 3.63) is 76.5 Å². The highest BCUT2D eigenvalue weighted by atomic mass is 14.7. The van der Waals surface area contributed by atoms with E-state index in [-0.39, 0.29) is 17.3 Å². The van der Waals surface area contributed by atoms with Gasteiger partial charge in [-0.05, 0) is 87.2 Å². The molecule has 0 aliphatic heterocycles. The Morgan fingerprint density at radius 2 is 1.41 bits per heavy atom. The number of hydrogen-bond acceptors (Lipinski definition) is 1. The predicted octanol–water partition coefficient (Wildman–Crippen LogP) is 9.39. The van der Waals surface area contributed by atoms with Crippen molar-refractivity contribution < 1.29 is 4.11 Å². The van der Waals surface area contributed by atoms with Crippen molar-refractivity contribution in [2.24, 2.45) is 0 Å². The summed E-state index contributed by atoms with van der Waals surface area (Å²) in [5.74, 6) is 0.921. The predicted molar refractivity (Wildman–Crippen MR) is 141 cm³/mol. The third-order valence-corrected chi connectivity index (χ3v) is 6.34. The van der Waals surface area contributed by atoms with E-state index in [0.717, 1.165) is 22.4 Å². The number of aromatic nitrogens is 1. The number of pyridine rings is 1. The van der Waals surface area contributed by atoms with Crippen LogP contribution in [0.2, 0.25) is 0 Å². The summed E-state index contributed by atoms with van der Waals surface area (Å²) >= 11 is 0. The maximum absolute atomic E-state index is 8.34. The SMILES string of the molecule is [2H]C([2H])([2H])c1ccc(-c2cc(C(C)(C)C)ccn2)cc1-c1c(C(C)C)cc(C(C)C)cc1C(C)C. The minimum Gasteiger partial charge on any atom is -0.256 e. The number of hydrogen-bond donors (Lipinski definition) is 0. The van der Waals surface area contributed by atoms with Gasteiger partial charge in [0.05, 0.1) is 5.69 Å². The highest BCUT2D eigenvalue weighted by Crippen LogP contribution is 2.41. The molecule has 0 spiro atoms. The Hall–Kier alpha value is -2.41. The summed E-state index contributed by atoms with van der Waals surface area (Å²) in [6, 6.07) is 14.5. The van der Waals surface area contributed by atoms with Crippen LogP contribution in [-0.4, -0.2) is 4.98 Å². The quantitative estimate of drug-likeness (QED) is 0.393. The largest absolute Gasteiger partial charge is 0.256 e. The first-order chi connectivity index (χ1) is 16.1. The summed E-state index contributed by atoms with van der Waals surface area (Å²) in [5.41, 5.74) is 8.99. The Morgan fingerprint density at radius 3 is 1.91 bits per heavy atom. The first-order valence-corrected chi connectivity index (χ1v) is 11.9. The summed E-state index contributed by atoms with van der Waals surface area (Å²) in [4.78, 5) is 4.66. The van der Waals surface area contributed by atoms with Gasteiger partial charge in [0.25, 0.3) is 0 Å². The first kappa shape index (κ1) is 20.2. The van der Waals surface area contributed by atoms with Gasteiger partial charge in [-0.15, -0.1) is 0 Å². The van der Waals surface area contributed by atoms with Crippen LogP contribution in [-0.2, 0) is 5.41 Å². The van der Waals surface area contributed by atoms with Gasteiger partial charge in [-0.2, -0.15) is 0 Å². The molecule has 32 heavy (non-hydrogen) atoms. The summed E-state index contributed by atoms with van der Waals surface area (Å²) in [5, 5.41) is 0. The van der Waals surface area contributed by atoms with Crippen molar-refractivity contribution in [3.63, 3.8) is 0 Å². The molecule has 1 heterocycles. The zero-order valence-corrected chi connectivity index (χ0v) is 21.3. The van der Waals surface area contributed by atoms with E-state index in [9.17, 15) is 0 Å². The van der Waals surface area contributed by atoms with Crippen LogP contribution in [0.3, 0.4) is 0 Å². The first-order valence-electron chi connectivity index (χ1n) is 13.4. The lowest BCUT2D eigenvalue weighted by Gasteiger charge is -2.25. The molecule has 0 saturated heterocycles. The number of nitrogens with zero attached hydrogens (tertiary/aromatic N) is 1. The van der Waals surface area contributed by atoms with Gasteiger partial charge >= 0.3 is 0 Å². The van der Waals surface area contributed by atoms with Crippen LogP contribution in [0.5, 0.6) is 0 Å². The average molecular weight is 431 g/mol. The van der Waals surface area contributed by atoms with Gasteiger partial charge in [-0.25, -0.2) is 0 Å². The minimum absolute atomic E-state index is 0.00144. The lowest BCUT2D eigenvalue weighted by Crippen LogP contribution is -2.11. The molecule has 0 aliphatic rings. The number of benzene rings is 2. The Bertz CT molecular complexity index is 1170. The van der Waals surface area contributed by atoms with Gasteiger partial charge in [0, 0.05) is 15.9 Å². The van der Waals surface area contributed by atoms with E-state index in [4.69, 9.17) is 4.11 Å². The summed E-state index contributed by atoms with van der Waals surface area (Å²) < 4.78 is 25.0.